The molecule has 0 radical (unpaired) electrons. The molecule has 2 saturated heterocycles. The highest BCUT2D eigenvalue weighted by Gasteiger charge is 2.35. The van der Waals surface area contributed by atoms with Crippen LogP contribution in [-0.4, -0.2) is 40.9 Å². The Balaban J connectivity index is 1.63. The molecule has 0 amide bonds. The molecule has 2 atom stereocenters. The fraction of sp³-hybridized carbons (Fsp3) is 0.846. The zero-order valence-corrected chi connectivity index (χ0v) is 11.2. The predicted molar refractivity (Wildman–Crippen MR) is 71.7 cm³/mol. The third kappa shape index (κ3) is 2.36. The highest BCUT2D eigenvalue weighted by atomic mass is 15.4. The smallest absolute Gasteiger partial charge is 0.244 e. The molecule has 0 aliphatic carbocycles. The number of H-pyrrole nitrogens is 1. The van der Waals surface area contributed by atoms with Crippen LogP contribution < -0.4 is 10.2 Å². The molecule has 2 unspecified atom stereocenters. The second-order valence-electron chi connectivity index (χ2n) is 5.55. The van der Waals surface area contributed by atoms with Gasteiger partial charge in [-0.1, -0.05) is 13.3 Å². The summed E-state index contributed by atoms with van der Waals surface area (Å²) in [6, 6.07) is 0.649. The van der Waals surface area contributed by atoms with Crippen molar-refractivity contribution in [3.05, 3.63) is 5.82 Å². The molecule has 3 heterocycles. The Morgan fingerprint density at radius 3 is 3.17 bits per heavy atom. The van der Waals surface area contributed by atoms with Crippen LogP contribution in [0.2, 0.25) is 0 Å². The van der Waals surface area contributed by atoms with Gasteiger partial charge >= 0.3 is 0 Å². The van der Waals surface area contributed by atoms with Gasteiger partial charge in [0.2, 0.25) is 5.95 Å². The maximum Gasteiger partial charge on any atom is 0.244 e. The number of piperidine rings is 1. The lowest BCUT2D eigenvalue weighted by Gasteiger charge is -2.24. The number of anilines is 1. The van der Waals surface area contributed by atoms with E-state index in [-0.39, 0.29) is 0 Å². The van der Waals surface area contributed by atoms with Gasteiger partial charge in [0, 0.05) is 25.6 Å². The van der Waals surface area contributed by atoms with E-state index in [2.05, 4.69) is 32.3 Å². The van der Waals surface area contributed by atoms with Crippen molar-refractivity contribution >= 4 is 5.95 Å². The number of unbranched alkanes of at least 4 members (excludes halogenated alkanes) is 1. The van der Waals surface area contributed by atoms with Crippen molar-refractivity contribution in [2.24, 2.45) is 5.92 Å². The van der Waals surface area contributed by atoms with Gasteiger partial charge in [0.05, 0.1) is 0 Å². The molecule has 2 N–H and O–H groups in total. The fourth-order valence-corrected chi connectivity index (χ4v) is 3.09. The van der Waals surface area contributed by atoms with E-state index in [1.807, 2.05) is 0 Å². The van der Waals surface area contributed by atoms with Crippen LogP contribution in [0.3, 0.4) is 0 Å². The summed E-state index contributed by atoms with van der Waals surface area (Å²) in [6.07, 6.45) is 6.06. The monoisotopic (exact) mass is 249 g/mol. The van der Waals surface area contributed by atoms with Crippen LogP contribution in [0, 0.1) is 5.92 Å². The molecule has 100 valence electrons. The summed E-state index contributed by atoms with van der Waals surface area (Å²) >= 11 is 0. The molecule has 2 aliphatic rings. The van der Waals surface area contributed by atoms with Crippen molar-refractivity contribution in [1.29, 1.82) is 0 Å². The van der Waals surface area contributed by atoms with Gasteiger partial charge < -0.3 is 10.2 Å². The Bertz CT molecular complexity index is 374. The van der Waals surface area contributed by atoms with Crippen LogP contribution in [0.15, 0.2) is 0 Å². The number of hydrogen-bond acceptors (Lipinski definition) is 4. The van der Waals surface area contributed by atoms with Gasteiger partial charge in [-0.3, -0.25) is 5.10 Å². The molecular formula is C13H23N5. The van der Waals surface area contributed by atoms with Crippen LogP contribution in [0.5, 0.6) is 0 Å². The number of aromatic nitrogens is 3. The predicted octanol–water partition coefficient (Wildman–Crippen LogP) is 1.34. The van der Waals surface area contributed by atoms with Crippen molar-refractivity contribution in [3.63, 3.8) is 0 Å². The first-order valence-electron chi connectivity index (χ1n) is 7.26. The van der Waals surface area contributed by atoms with Crippen LogP contribution in [0.4, 0.5) is 5.95 Å². The topological polar surface area (TPSA) is 56.8 Å². The molecule has 5 nitrogen and oxygen atoms in total. The first-order valence-corrected chi connectivity index (χ1v) is 7.26. The number of hydrogen-bond donors (Lipinski definition) is 2. The number of aryl methyl sites for hydroxylation is 1. The lowest BCUT2D eigenvalue weighted by Crippen LogP contribution is -2.40. The van der Waals surface area contributed by atoms with E-state index in [0.717, 1.165) is 37.2 Å². The second kappa shape index (κ2) is 5.26. The van der Waals surface area contributed by atoms with Gasteiger partial charge in [0.1, 0.15) is 5.82 Å². The van der Waals surface area contributed by atoms with Crippen LogP contribution in [0.25, 0.3) is 0 Å². The molecule has 18 heavy (non-hydrogen) atoms. The second-order valence-corrected chi connectivity index (χ2v) is 5.55. The lowest BCUT2D eigenvalue weighted by molar-refractivity contribution is 0.340. The average molecular weight is 249 g/mol. The summed E-state index contributed by atoms with van der Waals surface area (Å²) in [7, 11) is 0. The maximum absolute atomic E-state index is 4.62. The summed E-state index contributed by atoms with van der Waals surface area (Å²) < 4.78 is 0. The molecule has 3 rings (SSSR count). The lowest BCUT2D eigenvalue weighted by atomic mass is 9.94. The van der Waals surface area contributed by atoms with E-state index >= 15 is 0 Å². The minimum Gasteiger partial charge on any atom is -0.338 e. The van der Waals surface area contributed by atoms with Crippen molar-refractivity contribution < 1.29 is 0 Å². The van der Waals surface area contributed by atoms with E-state index in [0.29, 0.717) is 6.04 Å². The molecule has 2 aliphatic heterocycles. The summed E-state index contributed by atoms with van der Waals surface area (Å²) in [5.41, 5.74) is 0. The Morgan fingerprint density at radius 1 is 1.39 bits per heavy atom. The SMILES string of the molecule is CCCCc1nc(N2CC3CCCNC3C2)n[nH]1. The summed E-state index contributed by atoms with van der Waals surface area (Å²) in [5.74, 6) is 2.73. The Kier molecular flexibility index (Phi) is 3.50. The molecule has 0 spiro atoms. The summed E-state index contributed by atoms with van der Waals surface area (Å²) in [4.78, 5) is 6.95. The van der Waals surface area contributed by atoms with Crippen molar-refractivity contribution in [2.45, 2.75) is 45.1 Å². The Labute approximate surface area is 108 Å². The Hall–Kier alpha value is -1.10. The van der Waals surface area contributed by atoms with E-state index in [4.69, 9.17) is 0 Å². The van der Waals surface area contributed by atoms with Crippen molar-refractivity contribution in [2.75, 3.05) is 24.5 Å². The third-order valence-corrected chi connectivity index (χ3v) is 4.17. The van der Waals surface area contributed by atoms with Gasteiger partial charge in [-0.05, 0) is 31.7 Å². The summed E-state index contributed by atoms with van der Waals surface area (Å²) in [6.45, 7) is 5.55. The molecule has 5 heteroatoms. The van der Waals surface area contributed by atoms with E-state index in [9.17, 15) is 0 Å². The quantitative estimate of drug-likeness (QED) is 0.845. The van der Waals surface area contributed by atoms with Crippen LogP contribution >= 0.6 is 0 Å². The fourth-order valence-electron chi connectivity index (χ4n) is 3.09. The van der Waals surface area contributed by atoms with Crippen LogP contribution in [0.1, 0.15) is 38.4 Å². The molecule has 1 aromatic heterocycles. The normalized spacial score (nSPS) is 27.5. The summed E-state index contributed by atoms with van der Waals surface area (Å²) in [5, 5.41) is 11.1. The van der Waals surface area contributed by atoms with E-state index < -0.39 is 0 Å². The van der Waals surface area contributed by atoms with Gasteiger partial charge in [-0.25, -0.2) is 0 Å². The molecule has 0 saturated carbocycles. The number of nitrogens with zero attached hydrogens (tertiary/aromatic N) is 3. The zero-order valence-electron chi connectivity index (χ0n) is 11.2. The van der Waals surface area contributed by atoms with Crippen molar-refractivity contribution in [1.82, 2.24) is 20.5 Å². The standard InChI is InChI=1S/C13H23N5/c1-2-3-6-12-15-13(17-16-12)18-8-10-5-4-7-14-11(10)9-18/h10-11,14H,2-9H2,1H3,(H,15,16,17). The van der Waals surface area contributed by atoms with Gasteiger partial charge in [0.25, 0.3) is 0 Å². The zero-order chi connectivity index (χ0) is 12.4. The highest BCUT2D eigenvalue weighted by molar-refractivity contribution is 5.32. The largest absolute Gasteiger partial charge is 0.338 e. The number of aromatic amines is 1. The molecule has 0 aromatic carbocycles. The molecule has 1 aromatic rings. The number of rotatable bonds is 4. The minimum absolute atomic E-state index is 0.649. The maximum atomic E-state index is 4.62. The molecule has 0 bridgehead atoms. The van der Waals surface area contributed by atoms with Gasteiger partial charge in [0.15, 0.2) is 0 Å². The molecule has 2 fully saturated rings. The average Bonchev–Trinajstić information content (AvgIpc) is 3.02. The first kappa shape index (κ1) is 12.0. The van der Waals surface area contributed by atoms with Crippen LogP contribution in [-0.2, 0) is 6.42 Å². The third-order valence-electron chi connectivity index (χ3n) is 4.17. The van der Waals surface area contributed by atoms with E-state index in [1.54, 1.807) is 0 Å². The first-order chi connectivity index (χ1) is 8.86. The number of fused-ring (bicyclic) bond motifs is 1. The molecular weight excluding hydrogens is 226 g/mol. The van der Waals surface area contributed by atoms with E-state index in [1.165, 1.54) is 32.2 Å². The minimum atomic E-state index is 0.649. The number of nitrogens with one attached hydrogen (secondary N) is 2. The van der Waals surface area contributed by atoms with Gasteiger partial charge in [-0.2, -0.15) is 4.98 Å². The van der Waals surface area contributed by atoms with Gasteiger partial charge in [-0.15, -0.1) is 5.10 Å². The Morgan fingerprint density at radius 2 is 2.33 bits per heavy atom. The van der Waals surface area contributed by atoms with Crippen molar-refractivity contribution in [3.8, 4) is 0 Å². The highest BCUT2D eigenvalue weighted by Crippen LogP contribution is 2.27.